The van der Waals surface area contributed by atoms with Crippen LogP contribution in [0.2, 0.25) is 0 Å². The van der Waals surface area contributed by atoms with E-state index in [-0.39, 0.29) is 24.4 Å². The van der Waals surface area contributed by atoms with Crippen molar-refractivity contribution < 1.29 is 14.4 Å². The molecule has 0 N–H and O–H groups in total. The Kier molecular flexibility index (Phi) is 3.91. The monoisotopic (exact) mass is 208 g/mol. The summed E-state index contributed by atoms with van der Waals surface area (Å²) in [5.74, 6) is -0.405. The summed E-state index contributed by atoms with van der Waals surface area (Å²) in [7, 11) is 0. The third-order valence-electron chi connectivity index (χ3n) is 1.60. The molecule has 1 heterocycles. The second-order valence-electron chi connectivity index (χ2n) is 2.61. The molecule has 0 aliphatic heterocycles. The van der Waals surface area contributed by atoms with Gasteiger partial charge in [0.15, 0.2) is 5.78 Å². The average Bonchev–Trinajstić information content (AvgIpc) is 2.67. The maximum atomic E-state index is 11.4. The van der Waals surface area contributed by atoms with E-state index in [4.69, 9.17) is 5.53 Å². The summed E-state index contributed by atoms with van der Waals surface area (Å²) in [6.45, 7) is 0. The SMILES string of the molecule is [N-]=[N+]=CC(=O)CCC(=O)c1cccs1. The largest absolute Gasteiger partial charge is 0.361 e. The second kappa shape index (κ2) is 5.21. The number of rotatable bonds is 5. The molecule has 0 saturated heterocycles. The Morgan fingerprint density at radius 1 is 1.50 bits per heavy atom. The van der Waals surface area contributed by atoms with E-state index in [0.717, 1.165) is 6.21 Å². The summed E-state index contributed by atoms with van der Waals surface area (Å²) in [6, 6.07) is 3.51. The Bertz CT molecular complexity index is 378. The van der Waals surface area contributed by atoms with E-state index in [0.29, 0.717) is 4.88 Å². The first kappa shape index (κ1) is 10.5. The van der Waals surface area contributed by atoms with Crippen LogP contribution in [-0.4, -0.2) is 22.6 Å². The lowest BCUT2D eigenvalue weighted by Crippen LogP contribution is -2.04. The first-order valence-corrected chi connectivity index (χ1v) is 4.89. The van der Waals surface area contributed by atoms with Gasteiger partial charge in [-0.15, -0.1) is 11.3 Å². The molecule has 1 aromatic heterocycles. The Balaban J connectivity index is 2.43. The highest BCUT2D eigenvalue weighted by molar-refractivity contribution is 7.12. The molecule has 0 spiro atoms. The zero-order valence-electron chi connectivity index (χ0n) is 7.34. The smallest absolute Gasteiger partial charge is 0.323 e. The van der Waals surface area contributed by atoms with Crippen molar-refractivity contribution in [1.29, 1.82) is 0 Å². The summed E-state index contributed by atoms with van der Waals surface area (Å²) >= 11 is 1.35. The van der Waals surface area contributed by atoms with Crippen LogP contribution in [0.3, 0.4) is 0 Å². The quantitative estimate of drug-likeness (QED) is 0.319. The second-order valence-corrected chi connectivity index (χ2v) is 3.56. The molecule has 0 atom stereocenters. The van der Waals surface area contributed by atoms with Crippen molar-refractivity contribution in [3.63, 3.8) is 0 Å². The molecule has 0 fully saturated rings. The van der Waals surface area contributed by atoms with E-state index < -0.39 is 0 Å². The van der Waals surface area contributed by atoms with Crippen LogP contribution in [0.25, 0.3) is 5.53 Å². The summed E-state index contributed by atoms with van der Waals surface area (Å²) in [6.07, 6.45) is 1.05. The molecular formula is C9H8N2O2S. The van der Waals surface area contributed by atoms with Crippen LogP contribution in [-0.2, 0) is 4.79 Å². The molecule has 0 bridgehead atoms. The fourth-order valence-corrected chi connectivity index (χ4v) is 1.62. The van der Waals surface area contributed by atoms with Crippen molar-refractivity contribution in [3.8, 4) is 0 Å². The summed E-state index contributed by atoms with van der Waals surface area (Å²) in [5, 5.41) is 1.81. The molecule has 0 saturated carbocycles. The van der Waals surface area contributed by atoms with Gasteiger partial charge < -0.3 is 5.53 Å². The minimum absolute atomic E-state index is 0.0558. The average molecular weight is 208 g/mol. The van der Waals surface area contributed by atoms with Crippen molar-refractivity contribution in [1.82, 2.24) is 0 Å². The van der Waals surface area contributed by atoms with E-state index in [1.807, 2.05) is 5.38 Å². The van der Waals surface area contributed by atoms with Gasteiger partial charge >= 0.3 is 6.21 Å². The highest BCUT2D eigenvalue weighted by atomic mass is 32.1. The van der Waals surface area contributed by atoms with Crippen molar-refractivity contribution in [2.45, 2.75) is 12.8 Å². The van der Waals surface area contributed by atoms with E-state index in [1.165, 1.54) is 11.3 Å². The van der Waals surface area contributed by atoms with Crippen LogP contribution in [0.15, 0.2) is 17.5 Å². The highest BCUT2D eigenvalue weighted by Gasteiger charge is 2.10. The molecule has 0 aliphatic carbocycles. The molecule has 0 radical (unpaired) electrons. The van der Waals surface area contributed by atoms with Crippen LogP contribution in [0.1, 0.15) is 22.5 Å². The number of hydrogen-bond acceptors (Lipinski definition) is 3. The van der Waals surface area contributed by atoms with Gasteiger partial charge in [-0.05, 0) is 11.4 Å². The normalized spacial score (nSPS) is 9.14. The summed E-state index contributed by atoms with van der Waals surface area (Å²) < 4.78 is 0. The topological polar surface area (TPSA) is 70.5 Å². The van der Waals surface area contributed by atoms with Gasteiger partial charge in [0, 0.05) is 12.8 Å². The molecule has 1 aromatic rings. The Morgan fingerprint density at radius 3 is 2.86 bits per heavy atom. The highest BCUT2D eigenvalue weighted by Crippen LogP contribution is 2.11. The first-order chi connectivity index (χ1) is 6.74. The van der Waals surface area contributed by atoms with E-state index >= 15 is 0 Å². The van der Waals surface area contributed by atoms with Crippen molar-refractivity contribution >= 4 is 29.1 Å². The van der Waals surface area contributed by atoms with Crippen LogP contribution in [0.4, 0.5) is 0 Å². The van der Waals surface area contributed by atoms with Crippen LogP contribution >= 0.6 is 11.3 Å². The minimum Gasteiger partial charge on any atom is -0.361 e. The third kappa shape index (κ3) is 3.05. The summed E-state index contributed by atoms with van der Waals surface area (Å²) in [4.78, 5) is 25.5. The molecule has 72 valence electrons. The number of ketones is 2. The molecule has 4 nitrogen and oxygen atoms in total. The zero-order chi connectivity index (χ0) is 10.4. The number of hydrogen-bond donors (Lipinski definition) is 0. The fourth-order valence-electron chi connectivity index (χ4n) is 0.926. The molecule has 1 rings (SSSR count). The van der Waals surface area contributed by atoms with E-state index in [2.05, 4.69) is 4.79 Å². The van der Waals surface area contributed by atoms with Gasteiger partial charge in [0.1, 0.15) is 0 Å². The molecule has 0 unspecified atom stereocenters. The first-order valence-electron chi connectivity index (χ1n) is 4.01. The van der Waals surface area contributed by atoms with Gasteiger partial charge in [0.05, 0.1) is 4.88 Å². The zero-order valence-corrected chi connectivity index (χ0v) is 8.16. The number of thiophene rings is 1. The van der Waals surface area contributed by atoms with Crippen LogP contribution < -0.4 is 0 Å². The number of carbonyl (C=O) groups excluding carboxylic acids is 2. The molecule has 14 heavy (non-hydrogen) atoms. The predicted octanol–water partition coefficient (Wildman–Crippen LogP) is 1.58. The molecule has 0 amide bonds. The maximum Gasteiger partial charge on any atom is 0.323 e. The standard InChI is InChI=1S/C9H8N2O2S/c10-11-6-7(12)3-4-8(13)9-2-1-5-14-9/h1-2,5-6H,3-4H2. The number of Topliss-reactive ketones (excluding diaryl/α,β-unsaturated/α-hetero) is 2. The van der Waals surface area contributed by atoms with Crippen LogP contribution in [0, 0.1) is 0 Å². The lowest BCUT2D eigenvalue weighted by Gasteiger charge is -1.92. The lowest BCUT2D eigenvalue weighted by atomic mass is 10.1. The van der Waals surface area contributed by atoms with Gasteiger partial charge in [0.2, 0.25) is 5.78 Å². The Morgan fingerprint density at radius 2 is 2.29 bits per heavy atom. The Labute approximate surface area is 84.8 Å². The fraction of sp³-hybridized carbons (Fsp3) is 0.222. The van der Waals surface area contributed by atoms with Gasteiger partial charge in [-0.25, -0.2) is 0 Å². The number of nitrogens with zero attached hydrogens (tertiary/aromatic N) is 2. The third-order valence-corrected chi connectivity index (χ3v) is 2.51. The minimum atomic E-state index is -0.350. The maximum absolute atomic E-state index is 11.4. The van der Waals surface area contributed by atoms with Gasteiger partial charge in [0.25, 0.3) is 0 Å². The van der Waals surface area contributed by atoms with Gasteiger partial charge in [-0.3, -0.25) is 9.59 Å². The van der Waals surface area contributed by atoms with Gasteiger partial charge in [-0.2, -0.15) is 4.79 Å². The van der Waals surface area contributed by atoms with Crippen molar-refractivity contribution in [2.75, 3.05) is 0 Å². The molecular weight excluding hydrogens is 200 g/mol. The molecule has 0 aromatic carbocycles. The summed E-state index contributed by atoms with van der Waals surface area (Å²) in [5.41, 5.74) is 8.05. The Hall–Kier alpha value is -1.58. The number of carbonyl (C=O) groups is 2. The van der Waals surface area contributed by atoms with Crippen LogP contribution in [0.5, 0.6) is 0 Å². The molecule has 5 heteroatoms. The predicted molar refractivity (Wildman–Crippen MR) is 52.6 cm³/mol. The van der Waals surface area contributed by atoms with Crippen molar-refractivity contribution in [2.24, 2.45) is 0 Å². The molecule has 0 aliphatic rings. The van der Waals surface area contributed by atoms with Crippen molar-refractivity contribution in [3.05, 3.63) is 27.9 Å². The van der Waals surface area contributed by atoms with E-state index in [1.54, 1.807) is 12.1 Å². The van der Waals surface area contributed by atoms with Gasteiger partial charge in [-0.1, -0.05) is 6.07 Å². The van der Waals surface area contributed by atoms with E-state index in [9.17, 15) is 9.59 Å². The lowest BCUT2D eigenvalue weighted by molar-refractivity contribution is -0.116.